The Morgan fingerprint density at radius 1 is 1.60 bits per heavy atom. The third kappa shape index (κ3) is 3.26. The van der Waals surface area contributed by atoms with Crippen molar-refractivity contribution < 1.29 is 19.0 Å². The molecule has 6 heteroatoms. The lowest BCUT2D eigenvalue weighted by Gasteiger charge is -2.18. The van der Waals surface area contributed by atoms with E-state index in [1.807, 2.05) is 0 Å². The Morgan fingerprint density at radius 3 is 2.90 bits per heavy atom. The molecule has 110 valence electrons. The number of hydrogen-bond acceptors (Lipinski definition) is 4. The molecule has 2 rings (SSSR count). The van der Waals surface area contributed by atoms with Crippen molar-refractivity contribution in [3.05, 3.63) is 29.6 Å². The Kier molecular flexibility index (Phi) is 4.57. The maximum Gasteiger partial charge on any atom is 0.237 e. The Balaban J connectivity index is 1.99. The third-order valence-corrected chi connectivity index (χ3v) is 3.46. The number of methoxy groups -OCH3 is 1. The van der Waals surface area contributed by atoms with E-state index < -0.39 is 18.0 Å². The first-order chi connectivity index (χ1) is 9.51. The van der Waals surface area contributed by atoms with Crippen LogP contribution in [0.1, 0.15) is 24.9 Å². The zero-order valence-electron chi connectivity index (χ0n) is 11.5. The van der Waals surface area contributed by atoms with Gasteiger partial charge in [-0.15, -0.1) is 0 Å². The molecule has 1 fully saturated rings. The van der Waals surface area contributed by atoms with Crippen molar-refractivity contribution in [3.63, 3.8) is 0 Å². The molecule has 0 aromatic heterocycles. The first-order valence-corrected chi connectivity index (χ1v) is 6.56. The minimum Gasteiger partial charge on any atom is -0.494 e. The van der Waals surface area contributed by atoms with Gasteiger partial charge < -0.3 is 20.5 Å². The van der Waals surface area contributed by atoms with Gasteiger partial charge in [0.25, 0.3) is 0 Å². The Hall–Kier alpha value is -1.66. The van der Waals surface area contributed by atoms with Gasteiger partial charge in [-0.3, -0.25) is 4.79 Å². The second-order valence-electron chi connectivity index (χ2n) is 4.97. The van der Waals surface area contributed by atoms with Gasteiger partial charge in [0.2, 0.25) is 5.91 Å². The number of rotatable bonds is 4. The van der Waals surface area contributed by atoms with E-state index in [9.17, 15) is 14.3 Å². The Bertz CT molecular complexity index is 495. The van der Waals surface area contributed by atoms with E-state index in [-0.39, 0.29) is 17.7 Å². The number of carbonyl (C=O) groups excluding carboxylic acids is 1. The monoisotopic (exact) mass is 282 g/mol. The SMILES string of the molecule is COc1ccc([C@H](C)NC(=O)[C@@H]2C[C@@H](O)CN2)cc1F. The number of amides is 1. The molecule has 1 aromatic rings. The number of aliphatic hydroxyl groups excluding tert-OH is 1. The second-order valence-corrected chi connectivity index (χ2v) is 4.97. The lowest BCUT2D eigenvalue weighted by atomic mass is 10.1. The van der Waals surface area contributed by atoms with Crippen molar-refractivity contribution in [2.75, 3.05) is 13.7 Å². The highest BCUT2D eigenvalue weighted by Gasteiger charge is 2.28. The first kappa shape index (κ1) is 14.7. The average Bonchev–Trinajstić information content (AvgIpc) is 2.85. The summed E-state index contributed by atoms with van der Waals surface area (Å²) in [5.41, 5.74) is 0.662. The molecule has 20 heavy (non-hydrogen) atoms. The summed E-state index contributed by atoms with van der Waals surface area (Å²) in [6.07, 6.45) is -0.0882. The molecule has 0 unspecified atom stereocenters. The fraction of sp³-hybridized carbons (Fsp3) is 0.500. The first-order valence-electron chi connectivity index (χ1n) is 6.56. The summed E-state index contributed by atoms with van der Waals surface area (Å²) in [6.45, 7) is 2.20. The van der Waals surface area contributed by atoms with E-state index in [0.29, 0.717) is 18.5 Å². The molecule has 0 spiro atoms. The summed E-state index contributed by atoms with van der Waals surface area (Å²) >= 11 is 0. The standard InChI is InChI=1S/C14H19FN2O3/c1-8(9-3-4-13(20-2)11(15)5-9)17-14(19)12-6-10(18)7-16-12/h3-5,8,10,12,16,18H,6-7H2,1-2H3,(H,17,19)/t8-,10+,12-/m0/s1. The predicted molar refractivity (Wildman–Crippen MR) is 71.9 cm³/mol. The van der Waals surface area contributed by atoms with Crippen molar-refractivity contribution in [2.24, 2.45) is 0 Å². The molecule has 0 bridgehead atoms. The topological polar surface area (TPSA) is 70.6 Å². The molecule has 1 aliphatic rings. The number of halogens is 1. The van der Waals surface area contributed by atoms with Gasteiger partial charge in [-0.25, -0.2) is 4.39 Å². The van der Waals surface area contributed by atoms with Crippen LogP contribution in [-0.4, -0.2) is 36.8 Å². The van der Waals surface area contributed by atoms with Gasteiger partial charge in [-0.2, -0.15) is 0 Å². The zero-order valence-corrected chi connectivity index (χ0v) is 11.5. The quantitative estimate of drug-likeness (QED) is 0.761. The van der Waals surface area contributed by atoms with Crippen LogP contribution < -0.4 is 15.4 Å². The molecule has 0 saturated carbocycles. The fourth-order valence-electron chi connectivity index (χ4n) is 2.27. The highest BCUT2D eigenvalue weighted by Crippen LogP contribution is 2.22. The number of nitrogens with one attached hydrogen (secondary N) is 2. The van der Waals surface area contributed by atoms with E-state index in [0.717, 1.165) is 0 Å². The molecule has 3 N–H and O–H groups in total. The molecule has 1 aromatic carbocycles. The molecule has 1 amide bonds. The lowest BCUT2D eigenvalue weighted by molar-refractivity contribution is -0.123. The van der Waals surface area contributed by atoms with E-state index >= 15 is 0 Å². The maximum absolute atomic E-state index is 13.6. The van der Waals surface area contributed by atoms with Crippen LogP contribution >= 0.6 is 0 Å². The minimum atomic E-state index is -0.487. The fourth-order valence-corrected chi connectivity index (χ4v) is 2.27. The molecule has 1 saturated heterocycles. The van der Waals surface area contributed by atoms with Gasteiger partial charge in [-0.05, 0) is 31.0 Å². The molecular formula is C14H19FN2O3. The third-order valence-electron chi connectivity index (χ3n) is 3.46. The van der Waals surface area contributed by atoms with Gasteiger partial charge in [0.1, 0.15) is 0 Å². The smallest absolute Gasteiger partial charge is 0.237 e. The number of benzene rings is 1. The summed E-state index contributed by atoms with van der Waals surface area (Å²) in [4.78, 5) is 12.0. The summed E-state index contributed by atoms with van der Waals surface area (Å²) in [7, 11) is 1.40. The normalized spacial score (nSPS) is 23.4. The van der Waals surface area contributed by atoms with Crippen LogP contribution in [0.2, 0.25) is 0 Å². The number of β-amino-alcohol motifs (C(OH)–C–C–N with tert-alkyl or cyclic N) is 1. The molecule has 5 nitrogen and oxygen atoms in total. The van der Waals surface area contributed by atoms with Crippen molar-refractivity contribution in [1.82, 2.24) is 10.6 Å². The van der Waals surface area contributed by atoms with Crippen LogP contribution in [0.25, 0.3) is 0 Å². The maximum atomic E-state index is 13.6. The van der Waals surface area contributed by atoms with Gasteiger partial charge >= 0.3 is 0 Å². The van der Waals surface area contributed by atoms with Crippen LogP contribution in [0.15, 0.2) is 18.2 Å². The van der Waals surface area contributed by atoms with Gasteiger partial charge in [0.15, 0.2) is 11.6 Å². The van der Waals surface area contributed by atoms with Crippen LogP contribution in [0.4, 0.5) is 4.39 Å². The Labute approximate surface area is 117 Å². The van der Waals surface area contributed by atoms with Gasteiger partial charge in [0.05, 0.1) is 25.3 Å². The summed E-state index contributed by atoms with van der Waals surface area (Å²) in [6, 6.07) is 3.88. The van der Waals surface area contributed by atoms with Crippen molar-refractivity contribution in [3.8, 4) is 5.75 Å². The molecule has 3 atom stereocenters. The molecule has 0 aliphatic carbocycles. The Morgan fingerprint density at radius 2 is 2.35 bits per heavy atom. The predicted octanol–water partition coefficient (Wildman–Crippen LogP) is 0.734. The van der Waals surface area contributed by atoms with Gasteiger partial charge in [0, 0.05) is 6.54 Å². The second kappa shape index (κ2) is 6.19. The summed E-state index contributed by atoms with van der Waals surface area (Å²) in [5, 5.41) is 15.1. The van der Waals surface area contributed by atoms with Crippen molar-refractivity contribution >= 4 is 5.91 Å². The number of ether oxygens (including phenoxy) is 1. The number of hydrogen-bond donors (Lipinski definition) is 3. The summed E-state index contributed by atoms with van der Waals surface area (Å²) in [5.74, 6) is -0.473. The highest BCUT2D eigenvalue weighted by atomic mass is 19.1. The lowest BCUT2D eigenvalue weighted by Crippen LogP contribution is -2.41. The highest BCUT2D eigenvalue weighted by molar-refractivity contribution is 5.82. The minimum absolute atomic E-state index is 0.174. The van der Waals surface area contributed by atoms with E-state index in [2.05, 4.69) is 10.6 Å². The van der Waals surface area contributed by atoms with Crippen LogP contribution in [0.3, 0.4) is 0 Å². The van der Waals surface area contributed by atoms with E-state index in [4.69, 9.17) is 4.74 Å². The summed E-state index contributed by atoms with van der Waals surface area (Å²) < 4.78 is 18.5. The van der Waals surface area contributed by atoms with Gasteiger partial charge in [-0.1, -0.05) is 6.07 Å². The van der Waals surface area contributed by atoms with E-state index in [1.54, 1.807) is 13.0 Å². The van der Waals surface area contributed by atoms with Crippen LogP contribution in [0.5, 0.6) is 5.75 Å². The number of aliphatic hydroxyl groups is 1. The molecular weight excluding hydrogens is 263 g/mol. The average molecular weight is 282 g/mol. The molecule has 1 heterocycles. The molecule has 0 radical (unpaired) electrons. The zero-order chi connectivity index (χ0) is 14.7. The van der Waals surface area contributed by atoms with Crippen molar-refractivity contribution in [2.45, 2.75) is 31.5 Å². The van der Waals surface area contributed by atoms with Crippen molar-refractivity contribution in [1.29, 1.82) is 0 Å². The van der Waals surface area contributed by atoms with E-state index in [1.165, 1.54) is 19.2 Å². The van der Waals surface area contributed by atoms with Crippen LogP contribution in [0, 0.1) is 5.82 Å². The van der Waals surface area contributed by atoms with Crippen LogP contribution in [-0.2, 0) is 4.79 Å². The number of carbonyl (C=O) groups is 1. The molecule has 1 aliphatic heterocycles. The largest absolute Gasteiger partial charge is 0.494 e.